The molecule has 94 valence electrons. The molecule has 0 saturated heterocycles. The number of carboxylic acid groups (broad SMARTS) is 1. The minimum Gasteiger partial charge on any atom is -0.479 e. The van der Waals surface area contributed by atoms with Crippen LogP contribution in [0.5, 0.6) is 0 Å². The molecule has 0 spiro atoms. The molecular formula is C9H18N2O4S. The van der Waals surface area contributed by atoms with Gasteiger partial charge in [0.05, 0.1) is 0 Å². The Hall–Kier alpha value is -0.950. The van der Waals surface area contributed by atoms with Crippen LogP contribution in [0.2, 0.25) is 0 Å². The molecule has 0 rings (SSSR count). The maximum atomic E-state index is 11.1. The normalized spacial score (nSPS) is 11.9. The molecule has 0 fully saturated rings. The van der Waals surface area contributed by atoms with Crippen LogP contribution in [-0.2, 0) is 9.63 Å². The average molecular weight is 250 g/mol. The molecule has 0 aliphatic carbocycles. The van der Waals surface area contributed by atoms with Gasteiger partial charge < -0.3 is 10.4 Å². The highest BCUT2D eigenvalue weighted by Crippen LogP contribution is 2.03. The third-order valence-corrected chi connectivity index (χ3v) is 2.57. The highest BCUT2D eigenvalue weighted by Gasteiger charge is 2.07. The van der Waals surface area contributed by atoms with E-state index < -0.39 is 18.6 Å². The second-order valence-corrected chi connectivity index (χ2v) is 4.54. The summed E-state index contributed by atoms with van der Waals surface area (Å²) in [6, 6.07) is -0.484. The molecule has 7 heteroatoms. The SMILES string of the molecule is CCSCCC(C)NC(=O)NOCC(=O)O. The van der Waals surface area contributed by atoms with E-state index in [0.29, 0.717) is 0 Å². The zero-order chi connectivity index (χ0) is 12.4. The van der Waals surface area contributed by atoms with Gasteiger partial charge in [0.2, 0.25) is 0 Å². The largest absolute Gasteiger partial charge is 0.479 e. The summed E-state index contributed by atoms with van der Waals surface area (Å²) in [7, 11) is 0. The number of amides is 2. The van der Waals surface area contributed by atoms with Crippen LogP contribution in [0.3, 0.4) is 0 Å². The van der Waals surface area contributed by atoms with Gasteiger partial charge in [-0.3, -0.25) is 4.84 Å². The maximum absolute atomic E-state index is 11.1. The van der Waals surface area contributed by atoms with Gasteiger partial charge in [-0.05, 0) is 24.9 Å². The maximum Gasteiger partial charge on any atom is 0.338 e. The fourth-order valence-corrected chi connectivity index (χ4v) is 1.70. The van der Waals surface area contributed by atoms with Crippen molar-refractivity contribution in [3.05, 3.63) is 0 Å². The van der Waals surface area contributed by atoms with Crippen LogP contribution in [0.1, 0.15) is 20.3 Å². The smallest absolute Gasteiger partial charge is 0.338 e. The molecule has 0 aromatic rings. The number of aliphatic carboxylic acids is 1. The second kappa shape index (κ2) is 9.29. The molecule has 0 aliphatic rings. The Kier molecular flexibility index (Phi) is 8.74. The fraction of sp³-hybridized carbons (Fsp3) is 0.778. The van der Waals surface area contributed by atoms with Gasteiger partial charge in [0.1, 0.15) is 0 Å². The van der Waals surface area contributed by atoms with Crippen LogP contribution in [0.25, 0.3) is 0 Å². The summed E-state index contributed by atoms with van der Waals surface area (Å²) in [5, 5.41) is 10.9. The van der Waals surface area contributed by atoms with Crippen LogP contribution in [-0.4, -0.2) is 41.3 Å². The Balaban J connectivity index is 3.50. The van der Waals surface area contributed by atoms with Gasteiger partial charge in [0.25, 0.3) is 0 Å². The molecule has 2 amide bonds. The first kappa shape index (κ1) is 15.0. The zero-order valence-electron chi connectivity index (χ0n) is 9.49. The van der Waals surface area contributed by atoms with Gasteiger partial charge in [0, 0.05) is 6.04 Å². The first-order chi connectivity index (χ1) is 7.56. The van der Waals surface area contributed by atoms with Gasteiger partial charge in [0.15, 0.2) is 6.61 Å². The Labute approximate surface area is 99.1 Å². The number of carboxylic acids is 1. The van der Waals surface area contributed by atoms with Crippen LogP contribution < -0.4 is 10.8 Å². The van der Waals surface area contributed by atoms with Crippen molar-refractivity contribution in [2.45, 2.75) is 26.3 Å². The lowest BCUT2D eigenvalue weighted by molar-refractivity contribution is -0.144. The lowest BCUT2D eigenvalue weighted by Crippen LogP contribution is -2.41. The lowest BCUT2D eigenvalue weighted by Gasteiger charge is -2.13. The summed E-state index contributed by atoms with van der Waals surface area (Å²) in [5.74, 6) is 0.905. The quantitative estimate of drug-likeness (QED) is 0.439. The predicted octanol–water partition coefficient (Wildman–Crippen LogP) is 0.833. The number of carbonyl (C=O) groups excluding carboxylic acids is 1. The number of nitrogens with one attached hydrogen (secondary N) is 2. The van der Waals surface area contributed by atoms with Crippen molar-refractivity contribution in [1.29, 1.82) is 0 Å². The summed E-state index contributed by atoms with van der Waals surface area (Å²) < 4.78 is 0. The minimum absolute atomic E-state index is 0.0347. The van der Waals surface area contributed by atoms with Crippen molar-refractivity contribution in [3.63, 3.8) is 0 Å². The molecule has 3 N–H and O–H groups in total. The van der Waals surface area contributed by atoms with Gasteiger partial charge >= 0.3 is 12.0 Å². The van der Waals surface area contributed by atoms with Crippen molar-refractivity contribution in [3.8, 4) is 0 Å². The van der Waals surface area contributed by atoms with Crippen molar-refractivity contribution < 1.29 is 19.5 Å². The van der Waals surface area contributed by atoms with Gasteiger partial charge in [-0.25, -0.2) is 15.1 Å². The molecule has 1 unspecified atom stereocenters. The number of hydrogen-bond donors (Lipinski definition) is 3. The van der Waals surface area contributed by atoms with E-state index in [0.717, 1.165) is 17.9 Å². The molecule has 0 bridgehead atoms. The number of thioether (sulfide) groups is 1. The van der Waals surface area contributed by atoms with E-state index >= 15 is 0 Å². The Bertz CT molecular complexity index is 226. The van der Waals surface area contributed by atoms with Crippen LogP contribution in [0.15, 0.2) is 0 Å². The third-order valence-electron chi connectivity index (χ3n) is 1.64. The van der Waals surface area contributed by atoms with E-state index in [1.54, 1.807) is 11.8 Å². The summed E-state index contributed by atoms with van der Waals surface area (Å²) >= 11 is 1.80. The highest BCUT2D eigenvalue weighted by molar-refractivity contribution is 7.99. The summed E-state index contributed by atoms with van der Waals surface area (Å²) in [6.07, 6.45) is 0.866. The average Bonchev–Trinajstić information content (AvgIpc) is 2.17. The van der Waals surface area contributed by atoms with E-state index in [-0.39, 0.29) is 6.04 Å². The monoisotopic (exact) mass is 250 g/mol. The topological polar surface area (TPSA) is 87.7 Å². The molecule has 16 heavy (non-hydrogen) atoms. The highest BCUT2D eigenvalue weighted by atomic mass is 32.2. The van der Waals surface area contributed by atoms with Gasteiger partial charge in [-0.2, -0.15) is 11.8 Å². The van der Waals surface area contributed by atoms with Crippen LogP contribution in [0.4, 0.5) is 4.79 Å². The van der Waals surface area contributed by atoms with Crippen LogP contribution >= 0.6 is 11.8 Å². The Morgan fingerprint density at radius 1 is 1.50 bits per heavy atom. The summed E-state index contributed by atoms with van der Waals surface area (Å²) in [4.78, 5) is 25.6. The molecule has 0 aromatic carbocycles. The van der Waals surface area contributed by atoms with E-state index in [1.807, 2.05) is 12.4 Å². The van der Waals surface area contributed by atoms with Gasteiger partial charge in [-0.1, -0.05) is 6.92 Å². The van der Waals surface area contributed by atoms with E-state index in [2.05, 4.69) is 17.1 Å². The third kappa shape index (κ3) is 9.60. The van der Waals surface area contributed by atoms with E-state index in [4.69, 9.17) is 5.11 Å². The number of carbonyl (C=O) groups is 2. The molecule has 1 atom stereocenters. The van der Waals surface area contributed by atoms with Crippen LogP contribution in [0, 0.1) is 0 Å². The molecular weight excluding hydrogens is 232 g/mol. The second-order valence-electron chi connectivity index (χ2n) is 3.14. The number of hydrogen-bond acceptors (Lipinski definition) is 4. The van der Waals surface area contributed by atoms with E-state index in [1.165, 1.54) is 0 Å². The van der Waals surface area contributed by atoms with Crippen molar-refractivity contribution in [2.24, 2.45) is 0 Å². The minimum atomic E-state index is -1.13. The van der Waals surface area contributed by atoms with Crippen molar-refractivity contribution in [2.75, 3.05) is 18.1 Å². The lowest BCUT2D eigenvalue weighted by atomic mass is 10.3. The van der Waals surface area contributed by atoms with Crippen molar-refractivity contribution in [1.82, 2.24) is 10.8 Å². The number of hydroxylamine groups is 1. The number of urea groups is 1. The molecule has 0 radical (unpaired) electrons. The van der Waals surface area contributed by atoms with E-state index in [9.17, 15) is 9.59 Å². The first-order valence-electron chi connectivity index (χ1n) is 5.04. The Morgan fingerprint density at radius 2 is 2.19 bits per heavy atom. The molecule has 6 nitrogen and oxygen atoms in total. The summed E-state index contributed by atoms with van der Waals surface area (Å²) in [5.41, 5.74) is 2.00. The standard InChI is InChI=1S/C9H18N2O4S/c1-3-16-5-4-7(2)10-9(14)11-15-6-8(12)13/h7H,3-6H2,1-2H3,(H,12,13)(H2,10,11,14). The molecule has 0 heterocycles. The molecule has 0 aliphatic heterocycles. The zero-order valence-corrected chi connectivity index (χ0v) is 10.3. The predicted molar refractivity (Wildman–Crippen MR) is 62.3 cm³/mol. The molecule has 0 aromatic heterocycles. The fourth-order valence-electron chi connectivity index (χ4n) is 0.893. The van der Waals surface area contributed by atoms with Crippen molar-refractivity contribution >= 4 is 23.8 Å². The van der Waals surface area contributed by atoms with Gasteiger partial charge in [-0.15, -0.1) is 0 Å². The Morgan fingerprint density at radius 3 is 2.75 bits per heavy atom. The summed E-state index contributed by atoms with van der Waals surface area (Å²) in [6.45, 7) is 3.41. The number of rotatable bonds is 8. The molecule has 0 saturated carbocycles. The first-order valence-corrected chi connectivity index (χ1v) is 6.19.